The minimum atomic E-state index is -0.00727. The van der Waals surface area contributed by atoms with E-state index < -0.39 is 0 Å². The molecular formula is C19H21ClN4O. The summed E-state index contributed by atoms with van der Waals surface area (Å²) in [7, 11) is 1.79. The lowest BCUT2D eigenvalue weighted by molar-refractivity contribution is 0.345. The van der Waals surface area contributed by atoms with Crippen LogP contribution >= 0.6 is 11.6 Å². The summed E-state index contributed by atoms with van der Waals surface area (Å²) in [5, 5.41) is 9.79. The smallest absolute Gasteiger partial charge is 0.250 e. The average molecular weight is 357 g/mol. The Bertz CT molecular complexity index is 999. The van der Waals surface area contributed by atoms with Gasteiger partial charge in [0.1, 0.15) is 5.52 Å². The molecule has 0 spiro atoms. The van der Waals surface area contributed by atoms with Gasteiger partial charge in [-0.1, -0.05) is 11.6 Å². The molecule has 3 aromatic rings. The second kappa shape index (κ2) is 6.32. The Balaban J connectivity index is 1.82. The van der Waals surface area contributed by atoms with E-state index in [4.69, 9.17) is 16.7 Å². The molecule has 3 heterocycles. The lowest BCUT2D eigenvalue weighted by Crippen LogP contribution is -2.29. The molecule has 5 nitrogen and oxygen atoms in total. The normalized spacial score (nSPS) is 15.8. The maximum Gasteiger partial charge on any atom is 0.250 e. The standard InChI is InChI=1S/C19H21ClN4O/c1-12-16(3-4-18(25)23(12)2)13-9-14-11-24(15-5-7-21-8-6-15)22-19(14)17(20)10-13/h3-4,9-11,15,21H,5-8H2,1-2H3. The highest BCUT2D eigenvalue weighted by molar-refractivity contribution is 6.35. The SMILES string of the molecule is Cc1c(-c2cc(Cl)c3nn(C4CCNCC4)cc3c2)ccc(=O)n1C. The highest BCUT2D eigenvalue weighted by Crippen LogP contribution is 2.32. The number of nitrogens with one attached hydrogen (secondary N) is 1. The van der Waals surface area contributed by atoms with Gasteiger partial charge in [-0.25, -0.2) is 0 Å². The zero-order valence-corrected chi connectivity index (χ0v) is 15.2. The first-order valence-corrected chi connectivity index (χ1v) is 8.98. The van der Waals surface area contributed by atoms with Gasteiger partial charge in [0.2, 0.25) is 5.56 Å². The van der Waals surface area contributed by atoms with Crippen molar-refractivity contribution in [2.75, 3.05) is 13.1 Å². The van der Waals surface area contributed by atoms with E-state index >= 15 is 0 Å². The Hall–Kier alpha value is -2.11. The predicted octanol–water partition coefficient (Wildman–Crippen LogP) is 3.29. The molecule has 0 radical (unpaired) electrons. The lowest BCUT2D eigenvalue weighted by atomic mass is 10.0. The number of benzene rings is 1. The molecule has 0 bridgehead atoms. The van der Waals surface area contributed by atoms with Crippen molar-refractivity contribution in [1.82, 2.24) is 19.7 Å². The highest BCUT2D eigenvalue weighted by Gasteiger charge is 2.18. The number of hydrogen-bond donors (Lipinski definition) is 1. The fourth-order valence-corrected chi connectivity index (χ4v) is 3.83. The van der Waals surface area contributed by atoms with Crippen LogP contribution in [0.15, 0.2) is 35.3 Å². The second-order valence-electron chi connectivity index (χ2n) is 6.72. The maximum absolute atomic E-state index is 11.8. The zero-order chi connectivity index (χ0) is 17.6. The minimum absolute atomic E-state index is 0.00727. The summed E-state index contributed by atoms with van der Waals surface area (Å²) >= 11 is 6.53. The molecule has 0 unspecified atom stereocenters. The molecule has 4 rings (SSSR count). The van der Waals surface area contributed by atoms with Crippen molar-refractivity contribution in [3.63, 3.8) is 0 Å². The summed E-state index contributed by atoms with van der Waals surface area (Å²) in [6.07, 6.45) is 4.26. The van der Waals surface area contributed by atoms with Crippen LogP contribution in [0.4, 0.5) is 0 Å². The van der Waals surface area contributed by atoms with Crippen molar-refractivity contribution in [2.24, 2.45) is 7.05 Å². The van der Waals surface area contributed by atoms with E-state index in [1.165, 1.54) is 0 Å². The number of hydrogen-bond acceptors (Lipinski definition) is 3. The quantitative estimate of drug-likeness (QED) is 0.766. The molecule has 0 saturated carbocycles. The molecule has 0 amide bonds. The summed E-state index contributed by atoms with van der Waals surface area (Å²) in [5.41, 5.74) is 3.78. The summed E-state index contributed by atoms with van der Waals surface area (Å²) in [5.74, 6) is 0. The Labute approximate surface area is 151 Å². The minimum Gasteiger partial charge on any atom is -0.317 e. The van der Waals surface area contributed by atoms with Crippen molar-refractivity contribution in [2.45, 2.75) is 25.8 Å². The molecule has 6 heteroatoms. The van der Waals surface area contributed by atoms with Crippen LogP contribution in [-0.2, 0) is 7.05 Å². The van der Waals surface area contributed by atoms with Gasteiger partial charge in [-0.15, -0.1) is 0 Å². The molecule has 1 N–H and O–H groups in total. The number of nitrogens with zero attached hydrogens (tertiary/aromatic N) is 3. The lowest BCUT2D eigenvalue weighted by Gasteiger charge is -2.22. The molecule has 130 valence electrons. The summed E-state index contributed by atoms with van der Waals surface area (Å²) in [6.45, 7) is 4.00. The van der Waals surface area contributed by atoms with Crippen LogP contribution in [0, 0.1) is 6.92 Å². The number of fused-ring (bicyclic) bond motifs is 1. The van der Waals surface area contributed by atoms with E-state index in [2.05, 4.69) is 22.3 Å². The van der Waals surface area contributed by atoms with Gasteiger partial charge in [-0.3, -0.25) is 9.48 Å². The van der Waals surface area contributed by atoms with E-state index in [9.17, 15) is 4.79 Å². The number of halogens is 1. The Morgan fingerprint density at radius 2 is 2.00 bits per heavy atom. The van der Waals surface area contributed by atoms with Crippen LogP contribution in [0.2, 0.25) is 5.02 Å². The molecule has 1 aliphatic rings. The summed E-state index contributed by atoms with van der Waals surface area (Å²) in [4.78, 5) is 11.8. The molecule has 1 fully saturated rings. The van der Waals surface area contributed by atoms with Gasteiger partial charge in [-0.2, -0.15) is 5.10 Å². The number of aromatic nitrogens is 3. The zero-order valence-electron chi connectivity index (χ0n) is 14.4. The number of rotatable bonds is 2. The van der Waals surface area contributed by atoms with E-state index in [-0.39, 0.29) is 5.56 Å². The Morgan fingerprint density at radius 3 is 2.76 bits per heavy atom. The first-order chi connectivity index (χ1) is 12.0. The van der Waals surface area contributed by atoms with Gasteiger partial charge >= 0.3 is 0 Å². The van der Waals surface area contributed by atoms with Gasteiger partial charge < -0.3 is 9.88 Å². The van der Waals surface area contributed by atoms with E-state index in [1.54, 1.807) is 17.7 Å². The van der Waals surface area contributed by atoms with E-state index in [1.807, 2.05) is 19.1 Å². The van der Waals surface area contributed by atoms with E-state index in [0.29, 0.717) is 11.1 Å². The fraction of sp³-hybridized carbons (Fsp3) is 0.368. The van der Waals surface area contributed by atoms with Crippen molar-refractivity contribution in [3.8, 4) is 11.1 Å². The first kappa shape index (κ1) is 16.4. The van der Waals surface area contributed by atoms with Crippen LogP contribution in [-0.4, -0.2) is 27.4 Å². The van der Waals surface area contributed by atoms with Gasteiger partial charge in [-0.05, 0) is 56.6 Å². The van der Waals surface area contributed by atoms with Gasteiger partial charge in [0.15, 0.2) is 0 Å². The molecular weight excluding hydrogens is 336 g/mol. The van der Waals surface area contributed by atoms with Gasteiger partial charge in [0.05, 0.1) is 11.1 Å². The Kier molecular flexibility index (Phi) is 4.13. The molecule has 2 aromatic heterocycles. The van der Waals surface area contributed by atoms with Crippen molar-refractivity contribution in [3.05, 3.63) is 51.5 Å². The highest BCUT2D eigenvalue weighted by atomic mass is 35.5. The van der Waals surface area contributed by atoms with Crippen LogP contribution < -0.4 is 10.9 Å². The monoisotopic (exact) mass is 356 g/mol. The fourth-order valence-electron chi connectivity index (χ4n) is 3.56. The largest absolute Gasteiger partial charge is 0.317 e. The number of pyridine rings is 1. The molecule has 1 saturated heterocycles. The second-order valence-corrected chi connectivity index (χ2v) is 7.12. The Morgan fingerprint density at radius 1 is 1.24 bits per heavy atom. The third kappa shape index (κ3) is 2.87. The third-order valence-corrected chi connectivity index (χ3v) is 5.48. The molecule has 1 aromatic carbocycles. The third-order valence-electron chi connectivity index (χ3n) is 5.19. The molecule has 0 atom stereocenters. The molecule has 1 aliphatic heterocycles. The van der Waals surface area contributed by atoms with Crippen LogP contribution in [0.25, 0.3) is 22.0 Å². The predicted molar refractivity (Wildman–Crippen MR) is 101 cm³/mol. The topological polar surface area (TPSA) is 51.9 Å². The number of piperidine rings is 1. The summed E-state index contributed by atoms with van der Waals surface area (Å²) in [6, 6.07) is 7.94. The van der Waals surface area contributed by atoms with Crippen molar-refractivity contribution < 1.29 is 0 Å². The first-order valence-electron chi connectivity index (χ1n) is 8.61. The van der Waals surface area contributed by atoms with Crippen LogP contribution in [0.1, 0.15) is 24.6 Å². The summed E-state index contributed by atoms with van der Waals surface area (Å²) < 4.78 is 3.72. The van der Waals surface area contributed by atoms with Crippen molar-refractivity contribution in [1.29, 1.82) is 0 Å². The van der Waals surface area contributed by atoms with Gasteiger partial charge in [0, 0.05) is 36.0 Å². The van der Waals surface area contributed by atoms with Gasteiger partial charge in [0.25, 0.3) is 0 Å². The van der Waals surface area contributed by atoms with Crippen molar-refractivity contribution >= 4 is 22.5 Å². The molecule has 25 heavy (non-hydrogen) atoms. The average Bonchev–Trinajstić information content (AvgIpc) is 3.05. The van der Waals surface area contributed by atoms with E-state index in [0.717, 1.165) is 53.7 Å². The van der Waals surface area contributed by atoms with Crippen LogP contribution in [0.5, 0.6) is 0 Å². The molecule has 0 aliphatic carbocycles. The van der Waals surface area contributed by atoms with Crippen LogP contribution in [0.3, 0.4) is 0 Å². The maximum atomic E-state index is 11.8.